The Bertz CT molecular complexity index is 191. The SMILES string of the molecule is COCCC(N)C(=O)NC1CC(C)C1. The third-order valence-electron chi connectivity index (χ3n) is 2.69. The van der Waals surface area contributed by atoms with Crippen molar-refractivity contribution in [2.45, 2.75) is 38.3 Å². The number of hydrogen-bond donors (Lipinski definition) is 2. The molecule has 1 amide bonds. The Morgan fingerprint density at radius 1 is 1.64 bits per heavy atom. The Morgan fingerprint density at radius 2 is 2.29 bits per heavy atom. The second-order valence-corrected chi connectivity index (χ2v) is 4.17. The number of ether oxygens (including phenoxy) is 1. The number of rotatable bonds is 5. The van der Waals surface area contributed by atoms with Gasteiger partial charge < -0.3 is 15.8 Å². The van der Waals surface area contributed by atoms with Crippen LogP contribution in [0.3, 0.4) is 0 Å². The third-order valence-corrected chi connectivity index (χ3v) is 2.69. The second-order valence-electron chi connectivity index (χ2n) is 4.17. The highest BCUT2D eigenvalue weighted by atomic mass is 16.5. The van der Waals surface area contributed by atoms with Gasteiger partial charge in [0.25, 0.3) is 0 Å². The molecule has 1 atom stereocenters. The number of nitrogens with one attached hydrogen (secondary N) is 1. The van der Waals surface area contributed by atoms with Gasteiger partial charge in [0.2, 0.25) is 5.91 Å². The van der Waals surface area contributed by atoms with Gasteiger partial charge in [-0.2, -0.15) is 0 Å². The van der Waals surface area contributed by atoms with Gasteiger partial charge in [0.05, 0.1) is 6.04 Å². The first-order valence-corrected chi connectivity index (χ1v) is 5.18. The number of nitrogens with two attached hydrogens (primary N) is 1. The van der Waals surface area contributed by atoms with Crippen LogP contribution in [0.1, 0.15) is 26.2 Å². The average molecular weight is 200 g/mol. The van der Waals surface area contributed by atoms with E-state index in [1.807, 2.05) is 0 Å². The van der Waals surface area contributed by atoms with Gasteiger partial charge in [0.1, 0.15) is 0 Å². The molecule has 1 unspecified atom stereocenters. The topological polar surface area (TPSA) is 64.3 Å². The van der Waals surface area contributed by atoms with Crippen molar-refractivity contribution in [3.8, 4) is 0 Å². The van der Waals surface area contributed by atoms with Crippen LogP contribution in [-0.4, -0.2) is 31.7 Å². The fraction of sp³-hybridized carbons (Fsp3) is 0.900. The molecule has 82 valence electrons. The predicted molar refractivity (Wildman–Crippen MR) is 54.8 cm³/mol. The van der Waals surface area contributed by atoms with Gasteiger partial charge in [-0.15, -0.1) is 0 Å². The summed E-state index contributed by atoms with van der Waals surface area (Å²) in [5, 5.41) is 2.94. The van der Waals surface area contributed by atoms with E-state index in [4.69, 9.17) is 10.5 Å². The molecule has 3 N–H and O–H groups in total. The summed E-state index contributed by atoms with van der Waals surface area (Å²) in [6, 6.07) is -0.0723. The molecule has 1 fully saturated rings. The van der Waals surface area contributed by atoms with Gasteiger partial charge in [0.15, 0.2) is 0 Å². The largest absolute Gasteiger partial charge is 0.385 e. The van der Waals surface area contributed by atoms with Crippen LogP contribution in [0.2, 0.25) is 0 Å². The number of hydrogen-bond acceptors (Lipinski definition) is 3. The van der Waals surface area contributed by atoms with Gasteiger partial charge in [-0.05, 0) is 25.2 Å². The zero-order valence-electron chi connectivity index (χ0n) is 8.95. The quantitative estimate of drug-likeness (QED) is 0.669. The summed E-state index contributed by atoms with van der Waals surface area (Å²) in [6.45, 7) is 2.73. The van der Waals surface area contributed by atoms with E-state index in [0.717, 1.165) is 18.8 Å². The van der Waals surface area contributed by atoms with Crippen molar-refractivity contribution in [2.75, 3.05) is 13.7 Å². The number of carbonyl (C=O) groups excluding carboxylic acids is 1. The lowest BCUT2D eigenvalue weighted by Crippen LogP contribution is -2.50. The van der Waals surface area contributed by atoms with Crippen LogP contribution < -0.4 is 11.1 Å². The molecule has 0 radical (unpaired) electrons. The van der Waals surface area contributed by atoms with E-state index in [-0.39, 0.29) is 5.91 Å². The number of carbonyl (C=O) groups is 1. The minimum absolute atomic E-state index is 0.0426. The van der Waals surface area contributed by atoms with Crippen molar-refractivity contribution < 1.29 is 9.53 Å². The molecule has 0 saturated heterocycles. The van der Waals surface area contributed by atoms with Gasteiger partial charge in [-0.25, -0.2) is 0 Å². The van der Waals surface area contributed by atoms with Crippen LogP contribution in [0.4, 0.5) is 0 Å². The lowest BCUT2D eigenvalue weighted by atomic mass is 9.82. The van der Waals surface area contributed by atoms with Crippen molar-refractivity contribution in [3.63, 3.8) is 0 Å². The molecule has 0 heterocycles. The highest BCUT2D eigenvalue weighted by Gasteiger charge is 2.27. The van der Waals surface area contributed by atoms with Gasteiger partial charge in [-0.3, -0.25) is 4.79 Å². The zero-order chi connectivity index (χ0) is 10.6. The number of methoxy groups -OCH3 is 1. The second kappa shape index (κ2) is 5.32. The van der Waals surface area contributed by atoms with Crippen molar-refractivity contribution in [2.24, 2.45) is 11.7 Å². The minimum atomic E-state index is -0.425. The normalized spacial score (nSPS) is 27.9. The maximum absolute atomic E-state index is 11.5. The highest BCUT2D eigenvalue weighted by molar-refractivity contribution is 5.81. The molecule has 0 bridgehead atoms. The van der Waals surface area contributed by atoms with Crippen molar-refractivity contribution in [3.05, 3.63) is 0 Å². The van der Waals surface area contributed by atoms with Crippen LogP contribution in [0, 0.1) is 5.92 Å². The molecule has 1 rings (SSSR count). The van der Waals surface area contributed by atoms with Crippen molar-refractivity contribution in [1.82, 2.24) is 5.32 Å². The summed E-state index contributed by atoms with van der Waals surface area (Å²) in [6.07, 6.45) is 2.76. The minimum Gasteiger partial charge on any atom is -0.385 e. The maximum atomic E-state index is 11.5. The van der Waals surface area contributed by atoms with Crippen molar-refractivity contribution >= 4 is 5.91 Å². The monoisotopic (exact) mass is 200 g/mol. The molecule has 4 heteroatoms. The van der Waals surface area contributed by atoms with E-state index in [1.54, 1.807) is 7.11 Å². The van der Waals surface area contributed by atoms with E-state index in [0.29, 0.717) is 19.1 Å². The summed E-state index contributed by atoms with van der Waals surface area (Å²) < 4.78 is 4.86. The maximum Gasteiger partial charge on any atom is 0.237 e. The average Bonchev–Trinajstić information content (AvgIpc) is 2.11. The Morgan fingerprint density at radius 3 is 2.79 bits per heavy atom. The van der Waals surface area contributed by atoms with Gasteiger partial charge in [0, 0.05) is 19.8 Å². The first kappa shape index (κ1) is 11.5. The molecule has 0 aromatic heterocycles. The fourth-order valence-electron chi connectivity index (χ4n) is 1.70. The van der Waals surface area contributed by atoms with E-state index in [1.165, 1.54) is 0 Å². The molecular formula is C10H20N2O2. The van der Waals surface area contributed by atoms with E-state index in [2.05, 4.69) is 12.2 Å². The lowest BCUT2D eigenvalue weighted by molar-refractivity contribution is -0.124. The Hall–Kier alpha value is -0.610. The van der Waals surface area contributed by atoms with E-state index >= 15 is 0 Å². The molecule has 0 aliphatic heterocycles. The molecule has 14 heavy (non-hydrogen) atoms. The van der Waals surface area contributed by atoms with Crippen LogP contribution in [-0.2, 0) is 9.53 Å². The molecular weight excluding hydrogens is 180 g/mol. The zero-order valence-corrected chi connectivity index (χ0v) is 8.95. The van der Waals surface area contributed by atoms with Crippen LogP contribution in [0.25, 0.3) is 0 Å². The predicted octanol–water partition coefficient (Wildman–Crippen LogP) is 0.265. The Labute approximate surface area is 85.2 Å². The smallest absolute Gasteiger partial charge is 0.237 e. The lowest BCUT2D eigenvalue weighted by Gasteiger charge is -2.33. The summed E-state index contributed by atoms with van der Waals surface area (Å²) in [4.78, 5) is 11.5. The summed E-state index contributed by atoms with van der Waals surface area (Å²) >= 11 is 0. The van der Waals surface area contributed by atoms with Gasteiger partial charge in [-0.1, -0.05) is 6.92 Å². The first-order valence-electron chi connectivity index (χ1n) is 5.18. The fourth-order valence-corrected chi connectivity index (χ4v) is 1.70. The van der Waals surface area contributed by atoms with Crippen LogP contribution >= 0.6 is 0 Å². The molecule has 0 spiro atoms. The molecule has 1 aliphatic carbocycles. The first-order chi connectivity index (χ1) is 6.63. The highest BCUT2D eigenvalue weighted by Crippen LogP contribution is 2.26. The van der Waals surface area contributed by atoms with Crippen LogP contribution in [0.5, 0.6) is 0 Å². The molecule has 4 nitrogen and oxygen atoms in total. The summed E-state index contributed by atoms with van der Waals surface area (Å²) in [7, 11) is 1.61. The van der Waals surface area contributed by atoms with Gasteiger partial charge >= 0.3 is 0 Å². The summed E-state index contributed by atoms with van der Waals surface area (Å²) in [5.41, 5.74) is 5.67. The Kier molecular flexibility index (Phi) is 4.35. The Balaban J connectivity index is 2.14. The van der Waals surface area contributed by atoms with E-state index < -0.39 is 6.04 Å². The molecule has 0 aromatic rings. The van der Waals surface area contributed by atoms with Crippen molar-refractivity contribution in [1.29, 1.82) is 0 Å². The third kappa shape index (κ3) is 3.27. The van der Waals surface area contributed by atoms with Crippen LogP contribution in [0.15, 0.2) is 0 Å². The molecule has 1 aliphatic rings. The van der Waals surface area contributed by atoms with E-state index in [9.17, 15) is 4.79 Å². The molecule has 0 aromatic carbocycles. The standard InChI is InChI=1S/C10H20N2O2/c1-7-5-8(6-7)12-10(13)9(11)3-4-14-2/h7-9H,3-6,11H2,1-2H3,(H,12,13). The molecule has 1 saturated carbocycles. The number of amides is 1. The summed E-state index contributed by atoms with van der Waals surface area (Å²) in [5.74, 6) is 0.703.